The van der Waals surface area contributed by atoms with E-state index in [1.165, 1.54) is 11.8 Å². The summed E-state index contributed by atoms with van der Waals surface area (Å²) in [6.45, 7) is 6.17. The molecule has 0 radical (unpaired) electrons. The number of amides is 2. The molecule has 0 bridgehead atoms. The Morgan fingerprint density at radius 3 is 1.58 bits per heavy atom. The van der Waals surface area contributed by atoms with Crippen LogP contribution in [0, 0.1) is 0 Å². The number of carbonyl (C=O) groups is 2. The Bertz CT molecular complexity index is 1800. The summed E-state index contributed by atoms with van der Waals surface area (Å²) < 4.78 is 0. The molecule has 5 rings (SSSR count). The fourth-order valence-electron chi connectivity index (χ4n) is 5.17. The Morgan fingerprint density at radius 1 is 0.625 bits per heavy atom. The van der Waals surface area contributed by atoms with Gasteiger partial charge in [-0.2, -0.15) is 0 Å². The van der Waals surface area contributed by atoms with Crippen molar-refractivity contribution in [2.75, 3.05) is 27.0 Å². The first-order valence-corrected chi connectivity index (χ1v) is 17.1. The summed E-state index contributed by atoms with van der Waals surface area (Å²) in [6.07, 6.45) is 0.823. The molecule has 0 aliphatic carbocycles. The van der Waals surface area contributed by atoms with Gasteiger partial charge in [0.15, 0.2) is 0 Å². The molecule has 5 aromatic carbocycles. The summed E-state index contributed by atoms with van der Waals surface area (Å²) in [6, 6.07) is 39.0. The topological polar surface area (TPSA) is 102 Å². The van der Waals surface area contributed by atoms with Crippen molar-refractivity contribution in [1.82, 2.24) is 0 Å². The minimum Gasteiger partial charge on any atom is -0.507 e. The van der Waals surface area contributed by atoms with Gasteiger partial charge in [0.2, 0.25) is 11.8 Å². The Kier molecular flexibility index (Phi) is 11.4. The maximum absolute atomic E-state index is 12.9. The molecule has 0 heterocycles. The maximum Gasteiger partial charge on any atom is 0.234 e. The van der Waals surface area contributed by atoms with E-state index in [-0.39, 0.29) is 28.7 Å². The summed E-state index contributed by atoms with van der Waals surface area (Å²) in [5.41, 5.74) is 7.57. The van der Waals surface area contributed by atoms with Crippen LogP contribution >= 0.6 is 11.8 Å². The lowest BCUT2D eigenvalue weighted by Crippen LogP contribution is -2.15. The van der Waals surface area contributed by atoms with E-state index < -0.39 is 0 Å². The molecule has 7 nitrogen and oxygen atoms in total. The zero-order valence-corrected chi connectivity index (χ0v) is 28.4. The summed E-state index contributed by atoms with van der Waals surface area (Å²) in [5.74, 6) is 0.748. The van der Waals surface area contributed by atoms with Crippen LogP contribution in [-0.2, 0) is 27.2 Å². The number of aryl methyl sites for hydroxylation is 1. The largest absolute Gasteiger partial charge is 0.507 e. The third-order valence-electron chi connectivity index (χ3n) is 7.65. The van der Waals surface area contributed by atoms with Gasteiger partial charge in [-0.05, 0) is 95.8 Å². The van der Waals surface area contributed by atoms with Crippen molar-refractivity contribution in [1.29, 1.82) is 0 Å². The molecule has 48 heavy (non-hydrogen) atoms. The average molecular weight is 659 g/mol. The summed E-state index contributed by atoms with van der Waals surface area (Å²) in [4.78, 5) is 25.6. The number of phenolic OH excluding ortho intramolecular Hbond substituents is 1. The Labute approximate surface area is 287 Å². The van der Waals surface area contributed by atoms with Crippen molar-refractivity contribution < 1.29 is 14.7 Å². The molecule has 5 aromatic rings. The van der Waals surface area contributed by atoms with Crippen LogP contribution in [0.25, 0.3) is 0 Å². The van der Waals surface area contributed by atoms with E-state index in [1.54, 1.807) is 0 Å². The molecule has 0 unspecified atom stereocenters. The molecule has 0 saturated heterocycles. The van der Waals surface area contributed by atoms with Gasteiger partial charge < -0.3 is 26.4 Å². The molecule has 0 spiro atoms. The summed E-state index contributed by atoms with van der Waals surface area (Å²) >= 11 is 1.44. The molecule has 0 aliphatic rings. The minimum absolute atomic E-state index is 0.0828. The molecular weight excluding hydrogens is 617 g/mol. The lowest BCUT2D eigenvalue weighted by Gasteiger charge is -2.23. The molecular formula is C40H42N4O3S. The third-order valence-corrected chi connectivity index (χ3v) is 8.63. The smallest absolute Gasteiger partial charge is 0.234 e. The van der Waals surface area contributed by atoms with Gasteiger partial charge in [0.05, 0.1) is 5.75 Å². The van der Waals surface area contributed by atoms with Crippen molar-refractivity contribution in [2.45, 2.75) is 44.8 Å². The molecule has 0 aromatic heterocycles. The normalized spacial score (nSPS) is 11.1. The highest BCUT2D eigenvalue weighted by molar-refractivity contribution is 7.99. The van der Waals surface area contributed by atoms with E-state index in [2.05, 4.69) is 42.0 Å². The van der Waals surface area contributed by atoms with Crippen molar-refractivity contribution in [3.63, 3.8) is 0 Å². The van der Waals surface area contributed by atoms with Gasteiger partial charge in [0.1, 0.15) is 5.75 Å². The van der Waals surface area contributed by atoms with Crippen LogP contribution in [0.1, 0.15) is 43.9 Å². The number of phenols is 1. The molecule has 0 saturated carbocycles. The van der Waals surface area contributed by atoms with E-state index in [9.17, 15) is 14.7 Å². The number of para-hydroxylation sites is 2. The standard InChI is InChI=1S/C40H42N4O3S/c1-40(2,3)36-25-28(14-23-37(45)43-34-19-15-32(16-20-34)41-30-10-6-4-7-11-30)24-29(39(36)47)26-48-27-38(46)44-35-21-17-33(18-22-35)42-31-12-8-5-9-13-31/h4-13,15-22,24-25,41-42,47H,14,23,26-27H2,1-3H3,(H,43,45)(H,44,46). The Balaban J connectivity index is 1.13. The average Bonchev–Trinajstić information content (AvgIpc) is 3.07. The van der Waals surface area contributed by atoms with Gasteiger partial charge in [-0.15, -0.1) is 11.8 Å². The number of benzene rings is 5. The van der Waals surface area contributed by atoms with Gasteiger partial charge in [0, 0.05) is 51.9 Å². The van der Waals surface area contributed by atoms with Crippen molar-refractivity contribution >= 4 is 57.7 Å². The Morgan fingerprint density at radius 2 is 1.08 bits per heavy atom. The maximum atomic E-state index is 12.9. The van der Waals surface area contributed by atoms with Crippen molar-refractivity contribution in [2.24, 2.45) is 0 Å². The van der Waals surface area contributed by atoms with E-state index >= 15 is 0 Å². The number of aromatic hydroxyl groups is 1. The number of hydrogen-bond donors (Lipinski definition) is 5. The number of anilines is 6. The number of rotatable bonds is 13. The zero-order valence-electron chi connectivity index (χ0n) is 27.5. The van der Waals surface area contributed by atoms with Crippen LogP contribution in [0.3, 0.4) is 0 Å². The van der Waals surface area contributed by atoms with Crippen LogP contribution in [-0.4, -0.2) is 22.7 Å². The second-order valence-corrected chi connectivity index (χ2v) is 13.6. The lowest BCUT2D eigenvalue weighted by molar-refractivity contribution is -0.116. The summed E-state index contributed by atoms with van der Waals surface area (Å²) in [7, 11) is 0. The molecule has 5 N–H and O–H groups in total. The number of thioether (sulfide) groups is 1. The Hall–Kier alpha value is -5.21. The van der Waals surface area contributed by atoms with E-state index in [0.29, 0.717) is 18.6 Å². The van der Waals surface area contributed by atoms with E-state index in [4.69, 9.17) is 0 Å². The molecule has 0 fully saturated rings. The van der Waals surface area contributed by atoms with Gasteiger partial charge in [0.25, 0.3) is 0 Å². The highest BCUT2D eigenvalue weighted by Gasteiger charge is 2.22. The lowest BCUT2D eigenvalue weighted by atomic mass is 9.83. The first-order chi connectivity index (χ1) is 23.1. The molecule has 0 atom stereocenters. The fourth-order valence-corrected chi connectivity index (χ4v) is 5.97. The second-order valence-electron chi connectivity index (χ2n) is 12.6. The highest BCUT2D eigenvalue weighted by atomic mass is 32.2. The zero-order chi connectivity index (χ0) is 33.9. The number of nitrogens with one attached hydrogen (secondary N) is 4. The van der Waals surface area contributed by atoms with Crippen LogP contribution in [0.5, 0.6) is 5.75 Å². The third kappa shape index (κ3) is 10.1. The second kappa shape index (κ2) is 16.1. The quantitative estimate of drug-likeness (QED) is 0.0864. The number of hydrogen-bond acceptors (Lipinski definition) is 6. The van der Waals surface area contributed by atoms with Gasteiger partial charge in [-0.1, -0.05) is 69.3 Å². The monoisotopic (exact) mass is 658 g/mol. The number of carbonyl (C=O) groups excluding carboxylic acids is 2. The predicted molar refractivity (Wildman–Crippen MR) is 201 cm³/mol. The SMILES string of the molecule is CC(C)(C)c1cc(CCC(=O)Nc2ccc(Nc3ccccc3)cc2)cc(CSCC(=O)Nc2ccc(Nc3ccccc3)cc2)c1O. The molecule has 2 amide bonds. The fraction of sp³-hybridized carbons (Fsp3) is 0.200. The van der Waals surface area contributed by atoms with Gasteiger partial charge >= 0.3 is 0 Å². The van der Waals surface area contributed by atoms with Gasteiger partial charge in [-0.25, -0.2) is 0 Å². The highest BCUT2D eigenvalue weighted by Crippen LogP contribution is 2.36. The van der Waals surface area contributed by atoms with Crippen molar-refractivity contribution in [3.05, 3.63) is 138 Å². The van der Waals surface area contributed by atoms with Crippen LogP contribution < -0.4 is 21.3 Å². The van der Waals surface area contributed by atoms with E-state index in [0.717, 1.165) is 50.8 Å². The minimum atomic E-state index is -0.295. The molecule has 0 aliphatic heterocycles. The first kappa shape index (κ1) is 34.1. The van der Waals surface area contributed by atoms with Crippen molar-refractivity contribution in [3.8, 4) is 5.75 Å². The first-order valence-electron chi connectivity index (χ1n) is 16.0. The predicted octanol–water partition coefficient (Wildman–Crippen LogP) is 9.62. The molecule has 8 heteroatoms. The van der Waals surface area contributed by atoms with Crippen LogP contribution in [0.2, 0.25) is 0 Å². The van der Waals surface area contributed by atoms with Gasteiger partial charge in [-0.3, -0.25) is 9.59 Å². The van der Waals surface area contributed by atoms with Crippen LogP contribution in [0.4, 0.5) is 34.1 Å². The summed E-state index contributed by atoms with van der Waals surface area (Å²) in [5, 5.41) is 23.8. The van der Waals surface area contributed by atoms with E-state index in [1.807, 2.05) is 121 Å². The van der Waals surface area contributed by atoms with Crippen LogP contribution in [0.15, 0.2) is 121 Å². The molecule has 246 valence electrons.